The summed E-state index contributed by atoms with van der Waals surface area (Å²) in [5.74, 6) is 0.316. The fraction of sp³-hybridized carbons (Fsp3) is 0. The Bertz CT molecular complexity index is 810. The molecule has 1 aromatic heterocycles. The van der Waals surface area contributed by atoms with Crippen LogP contribution in [0.2, 0.25) is 0 Å². The second-order valence-corrected chi connectivity index (χ2v) is 4.10. The fourth-order valence-electron chi connectivity index (χ4n) is 1.82. The van der Waals surface area contributed by atoms with Crippen molar-refractivity contribution in [2.24, 2.45) is 0 Å². The molecule has 0 radical (unpaired) electrons. The summed E-state index contributed by atoms with van der Waals surface area (Å²) in [4.78, 5) is 0. The van der Waals surface area contributed by atoms with Gasteiger partial charge in [-0.25, -0.2) is 4.39 Å². The highest BCUT2D eigenvalue weighted by atomic mass is 19.1. The molecule has 0 aliphatic heterocycles. The van der Waals surface area contributed by atoms with Crippen molar-refractivity contribution in [1.29, 1.82) is 5.26 Å². The first kappa shape index (κ1) is 12.8. The summed E-state index contributed by atoms with van der Waals surface area (Å²) < 4.78 is 24.2. The van der Waals surface area contributed by atoms with E-state index in [0.29, 0.717) is 17.2 Å². The molecule has 1 heterocycles. The molecule has 0 atom stereocenters. The zero-order chi connectivity index (χ0) is 14.7. The summed E-state index contributed by atoms with van der Waals surface area (Å²) in [6.07, 6.45) is 1.23. The van der Waals surface area contributed by atoms with Crippen LogP contribution in [0.4, 0.5) is 4.39 Å². The van der Waals surface area contributed by atoms with Gasteiger partial charge in [-0.3, -0.25) is 0 Å². The summed E-state index contributed by atoms with van der Waals surface area (Å²) in [6, 6.07) is 12.9. The quantitative estimate of drug-likeness (QED) is 0.734. The number of ether oxygens (including phenoxy) is 1. The maximum absolute atomic E-state index is 13.5. The Labute approximate surface area is 119 Å². The summed E-state index contributed by atoms with van der Waals surface area (Å²) in [7, 11) is 0. The molecule has 2 aromatic carbocycles. The molecule has 21 heavy (non-hydrogen) atoms. The Balaban J connectivity index is 1.95. The van der Waals surface area contributed by atoms with Gasteiger partial charge in [0.25, 0.3) is 0 Å². The average molecular weight is 281 g/mol. The molecule has 0 bridgehead atoms. The second-order valence-electron chi connectivity index (χ2n) is 4.10. The minimum Gasteiger partial charge on any atom is -0.456 e. The third-order valence-electron chi connectivity index (χ3n) is 2.76. The molecular formula is C15H8FN3O2. The van der Waals surface area contributed by atoms with Gasteiger partial charge in [0.15, 0.2) is 0 Å². The molecule has 0 fully saturated rings. The van der Waals surface area contributed by atoms with Crippen molar-refractivity contribution < 1.29 is 13.5 Å². The topological polar surface area (TPSA) is 71.9 Å². The van der Waals surface area contributed by atoms with Gasteiger partial charge in [-0.1, -0.05) is 12.1 Å². The average Bonchev–Trinajstić information content (AvgIpc) is 3.02. The molecule has 0 amide bonds. The van der Waals surface area contributed by atoms with Crippen LogP contribution in [0.15, 0.2) is 53.3 Å². The van der Waals surface area contributed by atoms with Gasteiger partial charge in [0, 0.05) is 5.56 Å². The first-order valence-corrected chi connectivity index (χ1v) is 6.01. The van der Waals surface area contributed by atoms with Crippen LogP contribution in [0.25, 0.3) is 11.5 Å². The molecule has 3 aromatic rings. The Morgan fingerprint density at radius 2 is 2.05 bits per heavy atom. The Morgan fingerprint density at radius 3 is 2.81 bits per heavy atom. The predicted molar refractivity (Wildman–Crippen MR) is 70.9 cm³/mol. The van der Waals surface area contributed by atoms with E-state index in [4.69, 9.17) is 14.4 Å². The van der Waals surface area contributed by atoms with E-state index in [9.17, 15) is 4.39 Å². The first-order valence-electron chi connectivity index (χ1n) is 6.01. The van der Waals surface area contributed by atoms with Crippen LogP contribution in [0.3, 0.4) is 0 Å². The third-order valence-corrected chi connectivity index (χ3v) is 2.76. The van der Waals surface area contributed by atoms with Crippen molar-refractivity contribution in [2.75, 3.05) is 0 Å². The van der Waals surface area contributed by atoms with Crippen LogP contribution in [0.1, 0.15) is 5.56 Å². The number of hydrogen-bond acceptors (Lipinski definition) is 5. The van der Waals surface area contributed by atoms with Gasteiger partial charge < -0.3 is 9.15 Å². The Hall–Kier alpha value is -3.20. The van der Waals surface area contributed by atoms with Crippen molar-refractivity contribution >= 4 is 0 Å². The number of aromatic nitrogens is 2. The van der Waals surface area contributed by atoms with E-state index in [1.54, 1.807) is 30.3 Å². The normalized spacial score (nSPS) is 10.1. The summed E-state index contributed by atoms with van der Waals surface area (Å²) in [5.41, 5.74) is 0.528. The van der Waals surface area contributed by atoms with Crippen molar-refractivity contribution in [1.82, 2.24) is 10.2 Å². The van der Waals surface area contributed by atoms with Gasteiger partial charge in [0.05, 0.1) is 0 Å². The smallest absolute Gasteiger partial charge is 0.247 e. The van der Waals surface area contributed by atoms with E-state index in [1.165, 1.54) is 24.6 Å². The van der Waals surface area contributed by atoms with Crippen LogP contribution in [-0.2, 0) is 0 Å². The lowest BCUT2D eigenvalue weighted by atomic mass is 10.2. The van der Waals surface area contributed by atoms with Crippen LogP contribution in [0.5, 0.6) is 11.5 Å². The van der Waals surface area contributed by atoms with Crippen molar-refractivity contribution in [3.63, 3.8) is 0 Å². The molecule has 6 heteroatoms. The minimum atomic E-state index is -0.622. The number of hydrogen-bond donors (Lipinski definition) is 0. The van der Waals surface area contributed by atoms with E-state index >= 15 is 0 Å². The van der Waals surface area contributed by atoms with E-state index in [1.807, 2.05) is 0 Å². The number of benzene rings is 2. The van der Waals surface area contributed by atoms with Gasteiger partial charge in [0.1, 0.15) is 28.9 Å². The van der Waals surface area contributed by atoms with Crippen LogP contribution in [-0.4, -0.2) is 10.2 Å². The van der Waals surface area contributed by atoms with Gasteiger partial charge in [-0.2, -0.15) is 5.26 Å². The second kappa shape index (κ2) is 5.43. The minimum absolute atomic E-state index is 0.138. The first-order chi connectivity index (χ1) is 10.3. The van der Waals surface area contributed by atoms with E-state index in [2.05, 4.69) is 10.2 Å². The summed E-state index contributed by atoms with van der Waals surface area (Å²) in [5, 5.41) is 16.4. The van der Waals surface area contributed by atoms with Crippen LogP contribution >= 0.6 is 0 Å². The van der Waals surface area contributed by atoms with Gasteiger partial charge in [-0.15, -0.1) is 10.2 Å². The van der Waals surface area contributed by atoms with Crippen molar-refractivity contribution in [2.45, 2.75) is 0 Å². The summed E-state index contributed by atoms with van der Waals surface area (Å²) >= 11 is 0. The molecule has 0 saturated carbocycles. The molecule has 0 spiro atoms. The zero-order valence-electron chi connectivity index (χ0n) is 10.7. The van der Waals surface area contributed by atoms with Gasteiger partial charge >= 0.3 is 0 Å². The predicted octanol–water partition coefficient (Wildman–Crippen LogP) is 3.54. The molecule has 0 aliphatic rings. The van der Waals surface area contributed by atoms with Crippen LogP contribution in [0, 0.1) is 17.1 Å². The number of halogens is 1. The zero-order valence-corrected chi connectivity index (χ0v) is 10.7. The SMILES string of the molecule is N#Cc1c(F)cccc1Oc1cccc(-c2nnco2)c1. The lowest BCUT2D eigenvalue weighted by Gasteiger charge is -2.08. The third kappa shape index (κ3) is 2.58. The van der Waals surface area contributed by atoms with E-state index in [0.717, 1.165) is 0 Å². The van der Waals surface area contributed by atoms with Crippen LogP contribution < -0.4 is 4.74 Å². The molecule has 0 unspecified atom stereocenters. The van der Waals surface area contributed by atoms with E-state index < -0.39 is 5.82 Å². The highest BCUT2D eigenvalue weighted by Crippen LogP contribution is 2.29. The highest BCUT2D eigenvalue weighted by molar-refractivity contribution is 5.56. The molecule has 0 saturated heterocycles. The molecular weight excluding hydrogens is 273 g/mol. The largest absolute Gasteiger partial charge is 0.456 e. The highest BCUT2D eigenvalue weighted by Gasteiger charge is 2.11. The van der Waals surface area contributed by atoms with E-state index in [-0.39, 0.29) is 11.3 Å². The fourth-order valence-corrected chi connectivity index (χ4v) is 1.82. The van der Waals surface area contributed by atoms with Gasteiger partial charge in [-0.05, 0) is 30.3 Å². The Morgan fingerprint density at radius 1 is 1.19 bits per heavy atom. The maximum atomic E-state index is 13.5. The number of nitrogens with zero attached hydrogens (tertiary/aromatic N) is 3. The van der Waals surface area contributed by atoms with Gasteiger partial charge in [0.2, 0.25) is 12.3 Å². The lowest BCUT2D eigenvalue weighted by Crippen LogP contribution is -1.91. The van der Waals surface area contributed by atoms with Crippen molar-refractivity contribution in [3.8, 4) is 29.0 Å². The van der Waals surface area contributed by atoms with Crippen molar-refractivity contribution in [3.05, 3.63) is 60.2 Å². The molecule has 5 nitrogen and oxygen atoms in total. The standard InChI is InChI=1S/C15H8FN3O2/c16-13-5-2-6-14(12(13)8-17)21-11-4-1-3-10(7-11)15-19-18-9-20-15/h1-7,9H. The molecule has 102 valence electrons. The number of nitriles is 1. The maximum Gasteiger partial charge on any atom is 0.247 e. The molecule has 0 N–H and O–H groups in total. The Kier molecular flexibility index (Phi) is 3.31. The lowest BCUT2D eigenvalue weighted by molar-refractivity contribution is 0.474. The monoisotopic (exact) mass is 281 g/mol. The summed E-state index contributed by atoms with van der Waals surface area (Å²) in [6.45, 7) is 0. The molecule has 0 aliphatic carbocycles. The number of rotatable bonds is 3. The molecule has 3 rings (SSSR count).